The molecule has 22 heavy (non-hydrogen) atoms. The number of primary amides is 1. The monoisotopic (exact) mass is 317 g/mol. The second-order valence-electron chi connectivity index (χ2n) is 4.51. The largest absolute Gasteiger partial charge is 0.448 e. The van der Waals surface area contributed by atoms with Gasteiger partial charge in [0.25, 0.3) is 5.91 Å². The molecule has 7 heteroatoms. The van der Waals surface area contributed by atoms with E-state index in [9.17, 15) is 9.18 Å². The number of nitrogens with two attached hydrogens (primary N) is 1. The molecule has 3 aromatic rings. The van der Waals surface area contributed by atoms with E-state index >= 15 is 0 Å². The van der Waals surface area contributed by atoms with Crippen molar-refractivity contribution in [3.63, 3.8) is 0 Å². The number of carbonyl (C=O) groups is 1. The Kier molecular flexibility index (Phi) is 3.72. The quantitative estimate of drug-likeness (QED) is 0.719. The molecule has 0 aliphatic rings. The van der Waals surface area contributed by atoms with Gasteiger partial charge in [-0.1, -0.05) is 0 Å². The van der Waals surface area contributed by atoms with Gasteiger partial charge in [-0.15, -0.1) is 11.8 Å². The van der Waals surface area contributed by atoms with Crippen LogP contribution in [0, 0.1) is 5.82 Å². The maximum absolute atomic E-state index is 14.1. The summed E-state index contributed by atoms with van der Waals surface area (Å²) in [5, 5.41) is 3.44. The van der Waals surface area contributed by atoms with Crippen molar-refractivity contribution in [1.29, 1.82) is 0 Å². The number of hydrogen-bond donors (Lipinski definition) is 2. The van der Waals surface area contributed by atoms with Crippen LogP contribution in [0.1, 0.15) is 10.6 Å². The number of furan rings is 1. The van der Waals surface area contributed by atoms with Crippen LogP contribution < -0.4 is 11.1 Å². The molecule has 1 amide bonds. The Balaban J connectivity index is 2.10. The van der Waals surface area contributed by atoms with Gasteiger partial charge in [0.05, 0.1) is 11.1 Å². The fourth-order valence-corrected chi connectivity index (χ4v) is 2.52. The lowest BCUT2D eigenvalue weighted by molar-refractivity contribution is 0.0977. The number of anilines is 2. The van der Waals surface area contributed by atoms with Gasteiger partial charge in [0.2, 0.25) is 5.76 Å². The van der Waals surface area contributed by atoms with Gasteiger partial charge in [0.1, 0.15) is 17.1 Å². The molecule has 2 heterocycles. The van der Waals surface area contributed by atoms with Crippen LogP contribution in [0.4, 0.5) is 15.8 Å². The van der Waals surface area contributed by atoms with Crippen LogP contribution in [-0.4, -0.2) is 17.1 Å². The van der Waals surface area contributed by atoms with Gasteiger partial charge in [0, 0.05) is 17.3 Å². The van der Waals surface area contributed by atoms with E-state index in [1.165, 1.54) is 30.2 Å². The van der Waals surface area contributed by atoms with Gasteiger partial charge >= 0.3 is 0 Å². The van der Waals surface area contributed by atoms with E-state index in [-0.39, 0.29) is 11.4 Å². The fraction of sp³-hybridized carbons (Fsp3) is 0.0667. The molecule has 2 aromatic heterocycles. The summed E-state index contributed by atoms with van der Waals surface area (Å²) in [5.41, 5.74) is 6.32. The third-order valence-corrected chi connectivity index (χ3v) is 3.87. The molecule has 0 fully saturated rings. The normalized spacial score (nSPS) is 10.8. The highest BCUT2D eigenvalue weighted by Crippen LogP contribution is 2.33. The zero-order chi connectivity index (χ0) is 15.7. The number of carbonyl (C=O) groups excluding carboxylic acids is 1. The Bertz CT molecular complexity index is 863. The van der Waals surface area contributed by atoms with Gasteiger partial charge in [-0.05, 0) is 30.5 Å². The van der Waals surface area contributed by atoms with Crippen LogP contribution in [0.2, 0.25) is 0 Å². The van der Waals surface area contributed by atoms with Gasteiger partial charge in [-0.2, -0.15) is 0 Å². The molecular weight excluding hydrogens is 305 g/mol. The third kappa shape index (κ3) is 2.50. The van der Waals surface area contributed by atoms with Crippen LogP contribution in [-0.2, 0) is 0 Å². The molecule has 3 N–H and O–H groups in total. The minimum atomic E-state index is -0.736. The van der Waals surface area contributed by atoms with Crippen molar-refractivity contribution in [2.45, 2.75) is 4.90 Å². The predicted molar refractivity (Wildman–Crippen MR) is 84.0 cm³/mol. The average molecular weight is 317 g/mol. The minimum absolute atomic E-state index is 0.0589. The summed E-state index contributed by atoms with van der Waals surface area (Å²) < 4.78 is 19.5. The molecule has 0 saturated carbocycles. The first-order valence-corrected chi connectivity index (χ1v) is 7.59. The van der Waals surface area contributed by atoms with Crippen molar-refractivity contribution in [3.05, 3.63) is 48.2 Å². The molecule has 5 nitrogen and oxygen atoms in total. The molecule has 0 aliphatic heterocycles. The van der Waals surface area contributed by atoms with Gasteiger partial charge < -0.3 is 15.5 Å². The topological polar surface area (TPSA) is 81.1 Å². The van der Waals surface area contributed by atoms with Crippen LogP contribution in [0.3, 0.4) is 0 Å². The minimum Gasteiger partial charge on any atom is -0.448 e. The van der Waals surface area contributed by atoms with Gasteiger partial charge in [0.15, 0.2) is 0 Å². The number of hydrogen-bond acceptors (Lipinski definition) is 5. The summed E-state index contributed by atoms with van der Waals surface area (Å²) in [4.78, 5) is 16.3. The summed E-state index contributed by atoms with van der Waals surface area (Å²) in [6.45, 7) is 0. The van der Waals surface area contributed by atoms with Crippen molar-refractivity contribution in [3.8, 4) is 0 Å². The Morgan fingerprint density at radius 3 is 2.91 bits per heavy atom. The van der Waals surface area contributed by atoms with Crippen LogP contribution in [0.15, 0.2) is 46.0 Å². The molecule has 0 atom stereocenters. The Morgan fingerprint density at radius 2 is 2.23 bits per heavy atom. The second kappa shape index (κ2) is 5.69. The van der Waals surface area contributed by atoms with Crippen molar-refractivity contribution in [1.82, 2.24) is 4.98 Å². The number of rotatable bonds is 4. The van der Waals surface area contributed by atoms with Gasteiger partial charge in [-0.25, -0.2) is 4.39 Å². The van der Waals surface area contributed by atoms with E-state index in [1.54, 1.807) is 18.2 Å². The van der Waals surface area contributed by atoms with Crippen molar-refractivity contribution in [2.24, 2.45) is 5.73 Å². The first kappa shape index (κ1) is 14.4. The molecule has 3 rings (SSSR count). The maximum Gasteiger partial charge on any atom is 0.286 e. The highest BCUT2D eigenvalue weighted by molar-refractivity contribution is 7.98. The lowest BCUT2D eigenvalue weighted by atomic mass is 10.2. The predicted octanol–water partition coefficient (Wildman–Crippen LogP) is 3.53. The fourth-order valence-electron chi connectivity index (χ4n) is 2.10. The maximum atomic E-state index is 14.1. The summed E-state index contributed by atoms with van der Waals surface area (Å²) in [7, 11) is 0. The smallest absolute Gasteiger partial charge is 0.286 e. The first-order chi connectivity index (χ1) is 10.6. The summed E-state index contributed by atoms with van der Waals surface area (Å²) >= 11 is 1.44. The molecule has 0 unspecified atom stereocenters. The Hall–Kier alpha value is -2.54. The summed E-state index contributed by atoms with van der Waals surface area (Å²) in [5.74, 6) is -1.23. The molecule has 0 spiro atoms. The summed E-state index contributed by atoms with van der Waals surface area (Å²) in [6.07, 6.45) is 4.93. The van der Waals surface area contributed by atoms with Crippen LogP contribution in [0.25, 0.3) is 11.0 Å². The first-order valence-electron chi connectivity index (χ1n) is 6.37. The molecular formula is C15H12FN3O2S. The number of halogens is 1. The van der Waals surface area contributed by atoms with E-state index in [4.69, 9.17) is 10.2 Å². The molecule has 0 bridgehead atoms. The van der Waals surface area contributed by atoms with Crippen molar-refractivity contribution in [2.75, 3.05) is 11.6 Å². The number of aromatic nitrogens is 1. The van der Waals surface area contributed by atoms with Crippen molar-refractivity contribution < 1.29 is 13.6 Å². The standard InChI is InChI=1S/C15H12FN3O2S/c1-22-8-2-3-11(10(16)6-8)19-13-9-7-18-5-4-12(9)21-14(13)15(17)20/h2-7,19H,1H3,(H2,17,20). The highest BCUT2D eigenvalue weighted by atomic mass is 32.2. The number of nitrogens with one attached hydrogen (secondary N) is 1. The zero-order valence-electron chi connectivity index (χ0n) is 11.6. The number of amides is 1. The van der Waals surface area contributed by atoms with E-state index < -0.39 is 11.7 Å². The SMILES string of the molecule is CSc1ccc(Nc2c(C(N)=O)oc3ccncc23)c(F)c1. The number of nitrogens with zero attached hydrogens (tertiary/aromatic N) is 1. The molecule has 112 valence electrons. The lowest BCUT2D eigenvalue weighted by Crippen LogP contribution is -2.11. The molecule has 0 aliphatic carbocycles. The Labute approximate surface area is 129 Å². The van der Waals surface area contributed by atoms with Crippen molar-refractivity contribution >= 4 is 40.0 Å². The molecule has 0 saturated heterocycles. The average Bonchev–Trinajstić information content (AvgIpc) is 2.88. The number of benzene rings is 1. The van der Waals surface area contributed by atoms with E-state index in [0.717, 1.165) is 4.90 Å². The van der Waals surface area contributed by atoms with Gasteiger partial charge in [-0.3, -0.25) is 9.78 Å². The zero-order valence-corrected chi connectivity index (χ0v) is 12.4. The molecule has 0 radical (unpaired) electrons. The Morgan fingerprint density at radius 1 is 1.41 bits per heavy atom. The highest BCUT2D eigenvalue weighted by Gasteiger charge is 2.19. The van der Waals surface area contributed by atoms with E-state index in [2.05, 4.69) is 10.3 Å². The number of thioether (sulfide) groups is 1. The third-order valence-electron chi connectivity index (χ3n) is 3.15. The molecule has 1 aromatic carbocycles. The number of pyridine rings is 1. The summed E-state index contributed by atoms with van der Waals surface area (Å²) in [6, 6.07) is 6.40. The lowest BCUT2D eigenvalue weighted by Gasteiger charge is -2.08. The van der Waals surface area contributed by atoms with Crippen LogP contribution in [0.5, 0.6) is 0 Å². The second-order valence-corrected chi connectivity index (χ2v) is 5.39. The van der Waals surface area contributed by atoms with E-state index in [1.807, 2.05) is 6.26 Å². The van der Waals surface area contributed by atoms with E-state index in [0.29, 0.717) is 16.7 Å². The van der Waals surface area contributed by atoms with Crippen LogP contribution >= 0.6 is 11.8 Å². The number of fused-ring (bicyclic) bond motifs is 1.